The van der Waals surface area contributed by atoms with Crippen molar-refractivity contribution in [2.45, 2.75) is 43.1 Å². The zero-order chi connectivity index (χ0) is 24.3. The highest BCUT2D eigenvalue weighted by molar-refractivity contribution is 7.99. The van der Waals surface area contributed by atoms with E-state index in [1.165, 1.54) is 40.9 Å². The number of benzene rings is 2. The molecule has 0 unspecified atom stereocenters. The fraction of sp³-hybridized carbons (Fsp3) is 0.417. The molecule has 2 aromatic carbocycles. The van der Waals surface area contributed by atoms with Crippen molar-refractivity contribution in [2.75, 3.05) is 23.9 Å². The van der Waals surface area contributed by atoms with Crippen LogP contribution < -0.4 is 15.4 Å². The molecule has 0 saturated carbocycles. The summed E-state index contributed by atoms with van der Waals surface area (Å²) in [6, 6.07) is 9.93. The highest BCUT2D eigenvalue weighted by Crippen LogP contribution is 2.36. The Morgan fingerprint density at radius 1 is 1.14 bits per heavy atom. The molecular weight excluding hydrogens is 505 g/mol. The number of carbonyl (C=O) groups is 2. The quantitative estimate of drug-likeness (QED) is 0.531. The van der Waals surface area contributed by atoms with E-state index < -0.39 is 12.4 Å². The summed E-state index contributed by atoms with van der Waals surface area (Å²) in [4.78, 5) is 28.4. The van der Waals surface area contributed by atoms with Crippen LogP contribution in [0.1, 0.15) is 35.2 Å². The number of thioether (sulfide) groups is 1. The van der Waals surface area contributed by atoms with E-state index in [2.05, 4.69) is 4.74 Å². The number of fused-ring (bicyclic) bond motifs is 1. The molecule has 1 atom stereocenters. The third kappa shape index (κ3) is 7.13. The number of ketones is 1. The number of hydrogen-bond acceptors (Lipinski definition) is 6. The van der Waals surface area contributed by atoms with Crippen LogP contribution in [-0.2, 0) is 16.1 Å². The first-order valence-corrected chi connectivity index (χ1v) is 12.0. The van der Waals surface area contributed by atoms with Crippen molar-refractivity contribution in [1.82, 2.24) is 0 Å². The molecule has 35 heavy (non-hydrogen) atoms. The number of hydrogen-bond donors (Lipinski definition) is 1. The number of nitrogens with two attached hydrogens (primary N) is 1. The van der Waals surface area contributed by atoms with Crippen molar-refractivity contribution in [2.24, 2.45) is 11.7 Å². The van der Waals surface area contributed by atoms with Gasteiger partial charge in [0.2, 0.25) is 5.91 Å². The normalized spacial score (nSPS) is 18.9. The second-order valence-corrected chi connectivity index (χ2v) is 9.46. The Hall–Kier alpha value is -2.27. The third-order valence-corrected chi connectivity index (χ3v) is 7.07. The minimum absolute atomic E-state index is 0. The van der Waals surface area contributed by atoms with E-state index in [4.69, 9.17) is 10.5 Å². The fourth-order valence-electron chi connectivity index (χ4n) is 4.07. The van der Waals surface area contributed by atoms with Crippen LogP contribution in [0.25, 0.3) is 0 Å². The van der Waals surface area contributed by atoms with Crippen LogP contribution >= 0.6 is 24.2 Å². The molecule has 1 fully saturated rings. The van der Waals surface area contributed by atoms with Gasteiger partial charge in [-0.25, -0.2) is 0 Å². The molecule has 6 nitrogen and oxygen atoms in total. The number of halogens is 4. The van der Waals surface area contributed by atoms with Crippen LogP contribution in [0.4, 0.5) is 18.9 Å². The largest absolute Gasteiger partial charge is 0.573 e. The number of alkyl halides is 3. The molecule has 0 radical (unpaired) electrons. The lowest BCUT2D eigenvalue weighted by molar-refractivity contribution is -0.274. The van der Waals surface area contributed by atoms with E-state index in [9.17, 15) is 22.8 Å². The molecule has 0 bridgehead atoms. The van der Waals surface area contributed by atoms with Crippen LogP contribution in [-0.4, -0.2) is 43.1 Å². The van der Waals surface area contributed by atoms with E-state index in [1.807, 2.05) is 6.07 Å². The van der Waals surface area contributed by atoms with Gasteiger partial charge in [-0.2, -0.15) is 0 Å². The zero-order valence-corrected chi connectivity index (χ0v) is 20.4. The SMILES string of the molecule is Cl.N[C@H]1CSc2ccc(C(=O)CC3CCOCC3)cc2N(Cc2ccc(OC(F)(F)F)cc2)C1=O. The van der Waals surface area contributed by atoms with Crippen molar-refractivity contribution < 1.29 is 32.2 Å². The van der Waals surface area contributed by atoms with Gasteiger partial charge >= 0.3 is 6.36 Å². The van der Waals surface area contributed by atoms with Crippen molar-refractivity contribution >= 4 is 41.5 Å². The Kier molecular flexibility index (Phi) is 9.09. The predicted molar refractivity (Wildman–Crippen MR) is 129 cm³/mol. The topological polar surface area (TPSA) is 81.9 Å². The summed E-state index contributed by atoms with van der Waals surface area (Å²) in [5, 5.41) is 0. The van der Waals surface area contributed by atoms with E-state index in [0.717, 1.165) is 17.7 Å². The van der Waals surface area contributed by atoms with Crippen molar-refractivity contribution in [1.29, 1.82) is 0 Å². The van der Waals surface area contributed by atoms with Gasteiger partial charge in [-0.15, -0.1) is 37.3 Å². The molecule has 2 aromatic rings. The maximum atomic E-state index is 13.1. The molecule has 0 spiro atoms. The molecule has 0 aliphatic carbocycles. The van der Waals surface area contributed by atoms with Crippen LogP contribution in [0.2, 0.25) is 0 Å². The van der Waals surface area contributed by atoms with Crippen molar-refractivity contribution in [3.05, 3.63) is 53.6 Å². The number of amides is 1. The second-order valence-electron chi connectivity index (χ2n) is 8.40. The summed E-state index contributed by atoms with van der Waals surface area (Å²) in [5.74, 6) is 0.0195. The molecule has 2 N–H and O–H groups in total. The van der Waals surface area contributed by atoms with Crippen molar-refractivity contribution in [3.8, 4) is 5.75 Å². The summed E-state index contributed by atoms with van der Waals surface area (Å²) in [6.07, 6.45) is -2.66. The molecule has 1 amide bonds. The first kappa shape index (κ1) is 27.3. The number of carbonyl (C=O) groups excluding carboxylic acids is 2. The lowest BCUT2D eigenvalue weighted by Crippen LogP contribution is -2.44. The van der Waals surface area contributed by atoms with Crippen LogP contribution in [0.15, 0.2) is 47.4 Å². The Morgan fingerprint density at radius 2 is 1.83 bits per heavy atom. The smallest absolute Gasteiger partial charge is 0.406 e. The Bertz CT molecular complexity index is 1050. The number of rotatable bonds is 6. The van der Waals surface area contributed by atoms with Crippen LogP contribution in [0, 0.1) is 5.92 Å². The summed E-state index contributed by atoms with van der Waals surface area (Å²) < 4.78 is 46.6. The molecule has 4 rings (SSSR count). The zero-order valence-electron chi connectivity index (χ0n) is 18.8. The average molecular weight is 531 g/mol. The molecule has 11 heteroatoms. The van der Waals surface area contributed by atoms with Gasteiger partial charge in [0.05, 0.1) is 18.3 Å². The number of anilines is 1. The highest BCUT2D eigenvalue weighted by Gasteiger charge is 2.32. The number of nitrogens with zero attached hydrogens (tertiary/aromatic N) is 1. The Morgan fingerprint density at radius 3 is 2.49 bits per heavy atom. The molecule has 2 aliphatic rings. The maximum Gasteiger partial charge on any atom is 0.573 e. The first-order valence-electron chi connectivity index (χ1n) is 11.0. The van der Waals surface area contributed by atoms with Gasteiger partial charge in [0.15, 0.2) is 5.78 Å². The van der Waals surface area contributed by atoms with Gasteiger partial charge in [-0.1, -0.05) is 18.2 Å². The van der Waals surface area contributed by atoms with Gasteiger partial charge in [0.25, 0.3) is 0 Å². The number of Topliss-reactive ketones (excluding diaryl/α,β-unsaturated/α-hetero) is 1. The van der Waals surface area contributed by atoms with Gasteiger partial charge in [0.1, 0.15) is 5.75 Å². The monoisotopic (exact) mass is 530 g/mol. The fourth-order valence-corrected chi connectivity index (χ4v) is 5.05. The van der Waals surface area contributed by atoms with E-state index in [0.29, 0.717) is 42.2 Å². The summed E-state index contributed by atoms with van der Waals surface area (Å²) in [7, 11) is 0. The molecule has 1 saturated heterocycles. The lowest BCUT2D eigenvalue weighted by atomic mass is 9.92. The van der Waals surface area contributed by atoms with Gasteiger partial charge in [0, 0.05) is 35.8 Å². The van der Waals surface area contributed by atoms with E-state index in [1.54, 1.807) is 12.1 Å². The molecule has 190 valence electrons. The van der Waals surface area contributed by atoms with E-state index >= 15 is 0 Å². The second kappa shape index (κ2) is 11.6. The van der Waals surface area contributed by atoms with Gasteiger partial charge in [-0.05, 0) is 48.6 Å². The standard InChI is InChI=1S/C24H25F3N2O4S.ClH/c25-24(26,27)33-18-4-1-16(2-5-18)13-29-20-12-17(21(30)11-15-7-9-32-10-8-15)3-6-22(20)34-14-19(28)23(29)31;/h1-6,12,15,19H,7-11,13-14,28H2;1H/t19-;/m0./s1. The number of ether oxygens (including phenoxy) is 2. The molecular formula is C24H26ClF3N2O4S. The summed E-state index contributed by atoms with van der Waals surface area (Å²) >= 11 is 1.44. The average Bonchev–Trinajstić information content (AvgIpc) is 2.92. The first-order chi connectivity index (χ1) is 16.2. The van der Waals surface area contributed by atoms with Crippen LogP contribution in [0.5, 0.6) is 5.75 Å². The molecule has 2 heterocycles. The van der Waals surface area contributed by atoms with Gasteiger partial charge < -0.3 is 20.1 Å². The lowest BCUT2D eigenvalue weighted by Gasteiger charge is -2.25. The molecule has 0 aromatic heterocycles. The van der Waals surface area contributed by atoms with Gasteiger partial charge in [-0.3, -0.25) is 9.59 Å². The Balaban J connectivity index is 0.00000342. The maximum absolute atomic E-state index is 13.1. The van der Waals surface area contributed by atoms with Crippen LogP contribution in [0.3, 0.4) is 0 Å². The molecule has 2 aliphatic heterocycles. The highest BCUT2D eigenvalue weighted by atomic mass is 35.5. The minimum Gasteiger partial charge on any atom is -0.406 e. The predicted octanol–water partition coefficient (Wildman–Crippen LogP) is 4.97. The Labute approximate surface area is 211 Å². The summed E-state index contributed by atoms with van der Waals surface area (Å²) in [6.45, 7) is 1.42. The minimum atomic E-state index is -4.78. The third-order valence-electron chi connectivity index (χ3n) is 5.89. The van der Waals surface area contributed by atoms with Crippen molar-refractivity contribution in [3.63, 3.8) is 0 Å². The van der Waals surface area contributed by atoms with E-state index in [-0.39, 0.29) is 42.3 Å². The summed E-state index contributed by atoms with van der Waals surface area (Å²) in [5.41, 5.74) is 7.79.